The number of piperazine rings is 1. The summed E-state index contributed by atoms with van der Waals surface area (Å²) in [6.07, 6.45) is 2.38. The van der Waals surface area contributed by atoms with Crippen molar-refractivity contribution >= 4 is 11.8 Å². The Labute approximate surface area is 141 Å². The van der Waals surface area contributed by atoms with Gasteiger partial charge in [-0.15, -0.1) is 0 Å². The molecular weight excluding hydrogens is 306 g/mol. The van der Waals surface area contributed by atoms with E-state index in [4.69, 9.17) is 4.74 Å². The van der Waals surface area contributed by atoms with Crippen molar-refractivity contribution < 1.29 is 14.3 Å². The molecule has 1 unspecified atom stereocenters. The van der Waals surface area contributed by atoms with Crippen LogP contribution in [0.25, 0.3) is 0 Å². The van der Waals surface area contributed by atoms with Gasteiger partial charge in [-0.3, -0.25) is 14.5 Å². The highest BCUT2D eigenvalue weighted by Gasteiger charge is 2.48. The molecule has 0 saturated carbocycles. The Morgan fingerprint density at radius 3 is 2.50 bits per heavy atom. The second kappa shape index (κ2) is 6.53. The molecule has 1 aromatic carbocycles. The number of carbonyl (C=O) groups excluding carboxylic acids is 2. The quantitative estimate of drug-likeness (QED) is 0.815. The van der Waals surface area contributed by atoms with E-state index in [1.807, 2.05) is 30.3 Å². The monoisotopic (exact) mass is 329 g/mol. The molecule has 6 nitrogen and oxygen atoms in total. The van der Waals surface area contributed by atoms with Crippen LogP contribution in [0.3, 0.4) is 0 Å². The fourth-order valence-electron chi connectivity index (χ4n) is 4.12. The van der Waals surface area contributed by atoms with E-state index in [1.165, 1.54) is 12.8 Å². The summed E-state index contributed by atoms with van der Waals surface area (Å²) in [5.41, 5.74) is 1.03. The number of likely N-dealkylation sites (tertiary alicyclic amines) is 1. The van der Waals surface area contributed by atoms with Crippen LogP contribution >= 0.6 is 0 Å². The van der Waals surface area contributed by atoms with Crippen LogP contribution in [0, 0.1) is 0 Å². The molecule has 0 spiro atoms. The lowest BCUT2D eigenvalue weighted by Gasteiger charge is -2.49. The zero-order valence-corrected chi connectivity index (χ0v) is 13.7. The molecule has 4 rings (SSSR count). The van der Waals surface area contributed by atoms with Crippen LogP contribution in [0.1, 0.15) is 18.4 Å². The summed E-state index contributed by atoms with van der Waals surface area (Å²) >= 11 is 0. The van der Waals surface area contributed by atoms with E-state index in [0.717, 1.165) is 18.7 Å². The van der Waals surface area contributed by atoms with Gasteiger partial charge in [0, 0.05) is 6.54 Å². The van der Waals surface area contributed by atoms with Gasteiger partial charge in [-0.2, -0.15) is 0 Å². The SMILES string of the molecule is O=C1N[C@@H]2C(N3CCCC3)COC[C@H]2N(Cc2ccccc2)C1=O. The highest BCUT2D eigenvalue weighted by Crippen LogP contribution is 2.26. The van der Waals surface area contributed by atoms with Crippen LogP contribution < -0.4 is 5.32 Å². The van der Waals surface area contributed by atoms with Crippen molar-refractivity contribution in [2.24, 2.45) is 0 Å². The van der Waals surface area contributed by atoms with Crippen molar-refractivity contribution in [3.8, 4) is 0 Å². The van der Waals surface area contributed by atoms with Crippen molar-refractivity contribution in [3.63, 3.8) is 0 Å². The van der Waals surface area contributed by atoms with E-state index >= 15 is 0 Å². The average Bonchev–Trinajstić information content (AvgIpc) is 3.14. The Balaban J connectivity index is 1.58. The third-order valence-electron chi connectivity index (χ3n) is 5.36. The maximum Gasteiger partial charge on any atom is 0.312 e. The molecule has 0 radical (unpaired) electrons. The molecule has 2 amide bonds. The van der Waals surface area contributed by atoms with E-state index in [9.17, 15) is 9.59 Å². The Hall–Kier alpha value is -1.92. The standard InChI is InChI=1S/C18H23N3O3/c22-17-18(23)21(10-13-6-2-1-3-7-13)15-12-24-11-14(16(15)19-17)20-8-4-5-9-20/h1-3,6-7,14-16H,4-5,8-12H2,(H,19,22)/t14?,15-,16-/m1/s1. The number of nitrogens with zero attached hydrogens (tertiary/aromatic N) is 2. The Morgan fingerprint density at radius 1 is 1.04 bits per heavy atom. The number of fused-ring (bicyclic) bond motifs is 1. The van der Waals surface area contributed by atoms with Crippen LogP contribution in [0.15, 0.2) is 30.3 Å². The zero-order valence-electron chi connectivity index (χ0n) is 13.7. The van der Waals surface area contributed by atoms with Crippen molar-refractivity contribution in [2.45, 2.75) is 37.5 Å². The van der Waals surface area contributed by atoms with Gasteiger partial charge < -0.3 is 15.0 Å². The van der Waals surface area contributed by atoms with Crippen molar-refractivity contribution in [1.29, 1.82) is 0 Å². The van der Waals surface area contributed by atoms with Gasteiger partial charge in [-0.1, -0.05) is 30.3 Å². The number of amides is 2. The number of hydrogen-bond acceptors (Lipinski definition) is 4. The lowest BCUT2D eigenvalue weighted by Crippen LogP contribution is -2.72. The van der Waals surface area contributed by atoms with Crippen LogP contribution in [-0.4, -0.2) is 66.0 Å². The lowest BCUT2D eigenvalue weighted by atomic mass is 9.92. The van der Waals surface area contributed by atoms with Crippen LogP contribution in [-0.2, 0) is 20.9 Å². The molecule has 0 aromatic heterocycles. The fraction of sp³-hybridized carbons (Fsp3) is 0.556. The van der Waals surface area contributed by atoms with Crippen molar-refractivity contribution in [3.05, 3.63) is 35.9 Å². The third-order valence-corrected chi connectivity index (χ3v) is 5.36. The topological polar surface area (TPSA) is 61.9 Å². The van der Waals surface area contributed by atoms with Gasteiger partial charge in [0.15, 0.2) is 0 Å². The molecule has 6 heteroatoms. The summed E-state index contributed by atoms with van der Waals surface area (Å²) in [4.78, 5) is 28.8. The van der Waals surface area contributed by atoms with Crippen molar-refractivity contribution in [2.75, 3.05) is 26.3 Å². The summed E-state index contributed by atoms with van der Waals surface area (Å²) < 4.78 is 5.83. The third kappa shape index (κ3) is 2.80. The minimum Gasteiger partial charge on any atom is -0.378 e. The van der Waals surface area contributed by atoms with Crippen molar-refractivity contribution in [1.82, 2.24) is 15.1 Å². The summed E-state index contributed by atoms with van der Waals surface area (Å²) in [7, 11) is 0. The summed E-state index contributed by atoms with van der Waals surface area (Å²) in [5.74, 6) is -0.941. The number of benzene rings is 1. The first-order valence-corrected chi connectivity index (χ1v) is 8.71. The molecule has 3 aliphatic rings. The maximum atomic E-state index is 12.5. The first kappa shape index (κ1) is 15.6. The van der Waals surface area contributed by atoms with Gasteiger partial charge in [0.1, 0.15) is 0 Å². The predicted molar refractivity (Wildman–Crippen MR) is 88.1 cm³/mol. The molecule has 3 atom stereocenters. The smallest absolute Gasteiger partial charge is 0.312 e. The van der Waals surface area contributed by atoms with E-state index in [1.54, 1.807) is 4.90 Å². The first-order chi connectivity index (χ1) is 11.7. The van der Waals surface area contributed by atoms with Crippen LogP contribution in [0.5, 0.6) is 0 Å². The molecule has 0 aliphatic carbocycles. The first-order valence-electron chi connectivity index (χ1n) is 8.71. The highest BCUT2D eigenvalue weighted by atomic mass is 16.5. The summed E-state index contributed by atoms with van der Waals surface area (Å²) in [6.45, 7) is 3.63. The summed E-state index contributed by atoms with van der Waals surface area (Å²) in [6, 6.07) is 9.82. The van der Waals surface area contributed by atoms with Crippen LogP contribution in [0.4, 0.5) is 0 Å². The minimum atomic E-state index is -0.488. The second-order valence-corrected chi connectivity index (χ2v) is 6.83. The Kier molecular flexibility index (Phi) is 4.24. The Bertz CT molecular complexity index is 615. The second-order valence-electron chi connectivity index (χ2n) is 6.83. The molecule has 3 saturated heterocycles. The van der Waals surface area contributed by atoms with Gasteiger partial charge >= 0.3 is 11.8 Å². The van der Waals surface area contributed by atoms with E-state index in [0.29, 0.717) is 19.8 Å². The van der Waals surface area contributed by atoms with Gasteiger partial charge in [0.25, 0.3) is 0 Å². The Morgan fingerprint density at radius 2 is 1.75 bits per heavy atom. The largest absolute Gasteiger partial charge is 0.378 e. The number of hydrogen-bond donors (Lipinski definition) is 1. The van der Waals surface area contributed by atoms with Gasteiger partial charge in [-0.05, 0) is 31.5 Å². The zero-order chi connectivity index (χ0) is 16.5. The molecule has 24 heavy (non-hydrogen) atoms. The van der Waals surface area contributed by atoms with Gasteiger partial charge in [0.05, 0.1) is 31.3 Å². The number of nitrogens with one attached hydrogen (secondary N) is 1. The van der Waals surface area contributed by atoms with Gasteiger partial charge in [0.2, 0.25) is 0 Å². The summed E-state index contributed by atoms with van der Waals surface area (Å²) in [5, 5.41) is 2.96. The maximum absolute atomic E-state index is 12.5. The molecule has 1 N–H and O–H groups in total. The van der Waals surface area contributed by atoms with E-state index in [2.05, 4.69) is 10.2 Å². The molecule has 0 bridgehead atoms. The molecule has 1 aromatic rings. The number of rotatable bonds is 3. The van der Waals surface area contributed by atoms with E-state index < -0.39 is 11.8 Å². The predicted octanol–water partition coefficient (Wildman–Crippen LogP) is 0.377. The van der Waals surface area contributed by atoms with Gasteiger partial charge in [-0.25, -0.2) is 0 Å². The number of carbonyl (C=O) groups is 2. The highest BCUT2D eigenvalue weighted by molar-refractivity contribution is 6.35. The minimum absolute atomic E-state index is 0.0502. The molecule has 3 fully saturated rings. The fourth-order valence-corrected chi connectivity index (χ4v) is 4.12. The number of ether oxygens (including phenoxy) is 1. The van der Waals surface area contributed by atoms with Crippen LogP contribution in [0.2, 0.25) is 0 Å². The average molecular weight is 329 g/mol. The molecule has 128 valence electrons. The van der Waals surface area contributed by atoms with E-state index in [-0.39, 0.29) is 18.1 Å². The molecule has 3 heterocycles. The lowest BCUT2D eigenvalue weighted by molar-refractivity contribution is -0.160. The molecule has 3 aliphatic heterocycles. The molecular formula is C18H23N3O3. The normalized spacial score (nSPS) is 31.0.